The number of carbonyl (C=O) groups excluding carboxylic acids is 1. The SMILES string of the molecule is COC(=O)c1cccc(Br)c1-n1cc(-c2ccccc2)nn1. The van der Waals surface area contributed by atoms with E-state index in [0.717, 1.165) is 15.7 Å². The van der Waals surface area contributed by atoms with Crippen LogP contribution in [-0.2, 0) is 4.74 Å². The van der Waals surface area contributed by atoms with Crippen LogP contribution >= 0.6 is 15.9 Å². The summed E-state index contributed by atoms with van der Waals surface area (Å²) in [5, 5.41) is 8.30. The number of nitrogens with zero attached hydrogens (tertiary/aromatic N) is 3. The number of hydrogen-bond acceptors (Lipinski definition) is 4. The highest BCUT2D eigenvalue weighted by Gasteiger charge is 2.17. The van der Waals surface area contributed by atoms with Crippen LogP contribution in [-0.4, -0.2) is 28.1 Å². The zero-order valence-electron chi connectivity index (χ0n) is 11.7. The van der Waals surface area contributed by atoms with Crippen LogP contribution in [0.5, 0.6) is 0 Å². The maximum Gasteiger partial charge on any atom is 0.340 e. The third-order valence-electron chi connectivity index (χ3n) is 3.18. The van der Waals surface area contributed by atoms with Crippen LogP contribution in [0.4, 0.5) is 0 Å². The van der Waals surface area contributed by atoms with Gasteiger partial charge in [0.1, 0.15) is 5.69 Å². The molecule has 0 aliphatic rings. The molecule has 0 unspecified atom stereocenters. The Kier molecular flexibility index (Phi) is 4.02. The van der Waals surface area contributed by atoms with Gasteiger partial charge < -0.3 is 4.74 Å². The van der Waals surface area contributed by atoms with Crippen molar-refractivity contribution in [3.05, 3.63) is 64.8 Å². The number of halogens is 1. The van der Waals surface area contributed by atoms with Gasteiger partial charge in [-0.3, -0.25) is 0 Å². The van der Waals surface area contributed by atoms with Gasteiger partial charge in [0.2, 0.25) is 0 Å². The minimum Gasteiger partial charge on any atom is -0.465 e. The van der Waals surface area contributed by atoms with Gasteiger partial charge in [0.25, 0.3) is 0 Å². The van der Waals surface area contributed by atoms with Gasteiger partial charge in [0.15, 0.2) is 0 Å². The molecule has 1 aromatic heterocycles. The van der Waals surface area contributed by atoms with Crippen molar-refractivity contribution >= 4 is 21.9 Å². The van der Waals surface area contributed by atoms with Crippen LogP contribution in [0.1, 0.15) is 10.4 Å². The molecule has 0 aliphatic carbocycles. The first-order valence-electron chi connectivity index (χ1n) is 6.55. The van der Waals surface area contributed by atoms with Crippen molar-refractivity contribution in [2.75, 3.05) is 7.11 Å². The Morgan fingerprint density at radius 3 is 2.64 bits per heavy atom. The number of ether oxygens (including phenoxy) is 1. The maximum absolute atomic E-state index is 11.9. The molecule has 0 amide bonds. The van der Waals surface area contributed by atoms with Gasteiger partial charge in [-0.2, -0.15) is 0 Å². The van der Waals surface area contributed by atoms with Crippen LogP contribution in [0.15, 0.2) is 59.2 Å². The molecular weight excluding hydrogens is 346 g/mol. The zero-order chi connectivity index (χ0) is 15.5. The molecule has 0 saturated heterocycles. The van der Waals surface area contributed by atoms with Crippen LogP contribution in [0.2, 0.25) is 0 Å². The molecule has 0 N–H and O–H groups in total. The largest absolute Gasteiger partial charge is 0.465 e. The Morgan fingerprint density at radius 2 is 1.91 bits per heavy atom. The lowest BCUT2D eigenvalue weighted by atomic mass is 10.1. The summed E-state index contributed by atoms with van der Waals surface area (Å²) in [5.74, 6) is -0.423. The molecular formula is C16H12BrN3O2. The minimum absolute atomic E-state index is 0.418. The highest BCUT2D eigenvalue weighted by molar-refractivity contribution is 9.10. The predicted molar refractivity (Wildman–Crippen MR) is 85.8 cm³/mol. The Labute approximate surface area is 135 Å². The molecule has 0 aliphatic heterocycles. The van der Waals surface area contributed by atoms with E-state index in [0.29, 0.717) is 11.3 Å². The molecule has 1 heterocycles. The molecule has 6 heteroatoms. The lowest BCUT2D eigenvalue weighted by Crippen LogP contribution is -2.09. The van der Waals surface area contributed by atoms with Crippen LogP contribution in [0, 0.1) is 0 Å². The van der Waals surface area contributed by atoms with E-state index in [-0.39, 0.29) is 0 Å². The predicted octanol–water partition coefficient (Wildman–Crippen LogP) is 3.48. The quantitative estimate of drug-likeness (QED) is 0.673. The van der Waals surface area contributed by atoms with E-state index in [2.05, 4.69) is 26.2 Å². The summed E-state index contributed by atoms with van der Waals surface area (Å²) in [7, 11) is 1.35. The van der Waals surface area contributed by atoms with Crippen LogP contribution < -0.4 is 0 Å². The topological polar surface area (TPSA) is 57.0 Å². The summed E-state index contributed by atoms with van der Waals surface area (Å²) in [5.41, 5.74) is 2.71. The number of benzene rings is 2. The second-order valence-electron chi connectivity index (χ2n) is 4.54. The average Bonchev–Trinajstić information content (AvgIpc) is 3.04. The average molecular weight is 358 g/mol. The smallest absolute Gasteiger partial charge is 0.340 e. The Balaban J connectivity index is 2.10. The summed E-state index contributed by atoms with van der Waals surface area (Å²) in [6.45, 7) is 0. The van der Waals surface area contributed by atoms with Crippen LogP contribution in [0.3, 0.4) is 0 Å². The third kappa shape index (κ3) is 2.65. The van der Waals surface area contributed by atoms with Crippen molar-refractivity contribution in [3.8, 4) is 16.9 Å². The number of para-hydroxylation sites is 1. The van der Waals surface area contributed by atoms with Crippen molar-refractivity contribution in [2.24, 2.45) is 0 Å². The van der Waals surface area contributed by atoms with E-state index >= 15 is 0 Å². The van der Waals surface area contributed by atoms with Gasteiger partial charge in [0, 0.05) is 10.0 Å². The van der Waals surface area contributed by atoms with E-state index in [9.17, 15) is 4.79 Å². The summed E-state index contributed by atoms with van der Waals surface area (Å²) in [6.07, 6.45) is 1.78. The maximum atomic E-state index is 11.9. The molecule has 22 heavy (non-hydrogen) atoms. The van der Waals surface area contributed by atoms with E-state index in [1.54, 1.807) is 23.0 Å². The fraction of sp³-hybridized carbons (Fsp3) is 0.0625. The molecule has 0 bridgehead atoms. The lowest BCUT2D eigenvalue weighted by molar-refractivity contribution is 0.0600. The van der Waals surface area contributed by atoms with E-state index in [4.69, 9.17) is 4.74 Å². The summed E-state index contributed by atoms with van der Waals surface area (Å²) in [4.78, 5) is 11.9. The lowest BCUT2D eigenvalue weighted by Gasteiger charge is -2.09. The molecule has 110 valence electrons. The van der Waals surface area contributed by atoms with Crippen molar-refractivity contribution in [3.63, 3.8) is 0 Å². The van der Waals surface area contributed by atoms with Crippen molar-refractivity contribution in [2.45, 2.75) is 0 Å². The van der Waals surface area contributed by atoms with Gasteiger partial charge in [-0.25, -0.2) is 9.48 Å². The Bertz CT molecular complexity index is 815. The first kappa shape index (κ1) is 14.5. The summed E-state index contributed by atoms with van der Waals surface area (Å²) < 4.78 is 7.13. The first-order chi connectivity index (χ1) is 10.7. The molecule has 2 aromatic carbocycles. The van der Waals surface area contributed by atoms with E-state index in [1.807, 2.05) is 36.4 Å². The molecule has 0 atom stereocenters. The number of hydrogen-bond donors (Lipinski definition) is 0. The van der Waals surface area contributed by atoms with Gasteiger partial charge in [0.05, 0.1) is 24.6 Å². The Hall–Kier alpha value is -2.47. The second kappa shape index (κ2) is 6.11. The minimum atomic E-state index is -0.423. The Morgan fingerprint density at radius 1 is 1.14 bits per heavy atom. The summed E-state index contributed by atoms with van der Waals surface area (Å²) >= 11 is 3.45. The molecule has 0 saturated carbocycles. The van der Waals surface area contributed by atoms with Gasteiger partial charge >= 0.3 is 5.97 Å². The number of esters is 1. The van der Waals surface area contributed by atoms with E-state index < -0.39 is 5.97 Å². The number of methoxy groups -OCH3 is 1. The van der Waals surface area contributed by atoms with Gasteiger partial charge in [-0.05, 0) is 28.1 Å². The van der Waals surface area contributed by atoms with Gasteiger partial charge in [-0.1, -0.05) is 41.6 Å². The highest BCUT2D eigenvalue weighted by atomic mass is 79.9. The molecule has 0 radical (unpaired) electrons. The van der Waals surface area contributed by atoms with Gasteiger partial charge in [-0.15, -0.1) is 5.10 Å². The standard InChI is InChI=1S/C16H12BrN3O2/c1-22-16(21)12-8-5-9-13(17)15(12)20-10-14(18-19-20)11-6-3-2-4-7-11/h2-10H,1H3. The summed E-state index contributed by atoms with van der Waals surface area (Å²) in [6, 6.07) is 15.0. The first-order valence-corrected chi connectivity index (χ1v) is 7.35. The molecule has 3 aromatic rings. The van der Waals surface area contributed by atoms with Crippen molar-refractivity contribution in [1.29, 1.82) is 0 Å². The fourth-order valence-corrected chi connectivity index (χ4v) is 2.69. The van der Waals surface area contributed by atoms with E-state index in [1.165, 1.54) is 7.11 Å². The van der Waals surface area contributed by atoms with Crippen LogP contribution in [0.25, 0.3) is 16.9 Å². The fourth-order valence-electron chi connectivity index (χ4n) is 2.14. The molecule has 3 rings (SSSR count). The number of carbonyl (C=O) groups is 1. The normalized spacial score (nSPS) is 10.5. The zero-order valence-corrected chi connectivity index (χ0v) is 13.3. The van der Waals surface area contributed by atoms with Crippen molar-refractivity contribution < 1.29 is 9.53 Å². The number of aromatic nitrogens is 3. The third-order valence-corrected chi connectivity index (χ3v) is 3.82. The highest BCUT2D eigenvalue weighted by Crippen LogP contribution is 2.26. The molecule has 0 spiro atoms. The monoisotopic (exact) mass is 357 g/mol. The van der Waals surface area contributed by atoms with Crippen molar-refractivity contribution in [1.82, 2.24) is 15.0 Å². The molecule has 0 fully saturated rings. The number of rotatable bonds is 3. The second-order valence-corrected chi connectivity index (χ2v) is 5.40. The molecule has 5 nitrogen and oxygen atoms in total.